The maximum atomic E-state index is 13.4. The summed E-state index contributed by atoms with van der Waals surface area (Å²) in [6.07, 6.45) is 2.87. The fraction of sp³-hybridized carbons (Fsp3) is 0.263. The van der Waals surface area contributed by atoms with Crippen molar-refractivity contribution in [3.05, 3.63) is 135 Å². The first kappa shape index (κ1) is 37.0. The van der Waals surface area contributed by atoms with Gasteiger partial charge in [-0.2, -0.15) is 0 Å². The molecule has 3 aromatic carbocycles. The predicted molar refractivity (Wildman–Crippen MR) is 191 cm³/mol. The number of hydrogen-bond acceptors (Lipinski definition) is 10. The number of amides is 1. The Balaban J connectivity index is 1.31. The molecule has 0 fully saturated rings. The Hall–Kier alpha value is -5.26. The van der Waals surface area contributed by atoms with Crippen molar-refractivity contribution in [3.63, 3.8) is 0 Å². The Morgan fingerprint density at radius 1 is 0.863 bits per heavy atom. The molecule has 13 heteroatoms. The molecule has 0 unspecified atom stereocenters. The van der Waals surface area contributed by atoms with Crippen LogP contribution in [0.15, 0.2) is 95.9 Å². The molecule has 0 spiro atoms. The number of methoxy groups -OCH3 is 2. The lowest BCUT2D eigenvalue weighted by molar-refractivity contribution is 0.0289. The van der Waals surface area contributed by atoms with E-state index in [9.17, 15) is 9.59 Å². The Bertz CT molecular complexity index is 1940. The van der Waals surface area contributed by atoms with Crippen LogP contribution in [-0.2, 0) is 22.5 Å². The van der Waals surface area contributed by atoms with E-state index in [4.69, 9.17) is 51.3 Å². The van der Waals surface area contributed by atoms with Gasteiger partial charge in [0.05, 0.1) is 30.3 Å². The van der Waals surface area contributed by atoms with Crippen LogP contribution in [0.3, 0.4) is 0 Å². The summed E-state index contributed by atoms with van der Waals surface area (Å²) < 4.78 is 33.8. The summed E-state index contributed by atoms with van der Waals surface area (Å²) in [6, 6.07) is 21.4. The molecule has 1 amide bonds. The SMILES string of the molecule is COc1ccc([C@H](Cc2c(Cl)cncc2Cl)OC(=O)c2coc(COc3cccc([C@@H](NC(=O)OC(C)(C)C)c4ccccc4)c3)n2)cc1OC. The average Bonchev–Trinajstić information content (AvgIpc) is 3.59. The van der Waals surface area contributed by atoms with Gasteiger partial charge in [0.25, 0.3) is 0 Å². The third-order valence-electron chi connectivity index (χ3n) is 7.48. The number of alkyl carbamates (subject to hydrolysis) is 1. The largest absolute Gasteiger partial charge is 0.493 e. The molecule has 266 valence electrons. The average molecular weight is 735 g/mol. The van der Waals surface area contributed by atoms with Crippen LogP contribution in [0.4, 0.5) is 4.79 Å². The molecule has 0 saturated carbocycles. The smallest absolute Gasteiger partial charge is 0.408 e. The van der Waals surface area contributed by atoms with Gasteiger partial charge >= 0.3 is 12.1 Å². The minimum absolute atomic E-state index is 0.0644. The van der Waals surface area contributed by atoms with Crippen molar-refractivity contribution in [1.29, 1.82) is 0 Å². The number of nitrogens with zero attached hydrogens (tertiary/aromatic N) is 2. The minimum atomic E-state index is -0.847. The molecule has 1 N–H and O–H groups in total. The van der Waals surface area contributed by atoms with Gasteiger partial charge in [-0.05, 0) is 67.3 Å². The highest BCUT2D eigenvalue weighted by atomic mass is 35.5. The third-order valence-corrected chi connectivity index (χ3v) is 8.13. The third kappa shape index (κ3) is 9.93. The van der Waals surface area contributed by atoms with Gasteiger partial charge in [0.2, 0.25) is 5.89 Å². The number of carbonyl (C=O) groups excluding carboxylic acids is 2. The fourth-order valence-electron chi connectivity index (χ4n) is 5.12. The van der Waals surface area contributed by atoms with Crippen molar-refractivity contribution in [1.82, 2.24) is 15.3 Å². The second kappa shape index (κ2) is 16.6. The van der Waals surface area contributed by atoms with Gasteiger partial charge < -0.3 is 33.4 Å². The van der Waals surface area contributed by atoms with Gasteiger partial charge in [0.1, 0.15) is 23.7 Å². The number of benzene rings is 3. The number of pyridine rings is 1. The van der Waals surface area contributed by atoms with E-state index >= 15 is 0 Å². The summed E-state index contributed by atoms with van der Waals surface area (Å²) in [5, 5.41) is 3.60. The molecule has 5 rings (SSSR count). The van der Waals surface area contributed by atoms with E-state index in [1.807, 2.05) is 42.5 Å². The highest BCUT2D eigenvalue weighted by Crippen LogP contribution is 2.35. The van der Waals surface area contributed by atoms with Gasteiger partial charge in [0, 0.05) is 18.8 Å². The Kier molecular flexibility index (Phi) is 12.1. The van der Waals surface area contributed by atoms with Crippen molar-refractivity contribution < 1.29 is 37.7 Å². The van der Waals surface area contributed by atoms with Gasteiger partial charge in [-0.3, -0.25) is 4.98 Å². The number of ether oxygens (including phenoxy) is 5. The van der Waals surface area contributed by atoms with Crippen LogP contribution in [0, 0.1) is 0 Å². The molecule has 0 aliphatic heterocycles. The number of nitrogens with one attached hydrogen (secondary N) is 1. The van der Waals surface area contributed by atoms with E-state index in [0.717, 1.165) is 11.1 Å². The summed E-state index contributed by atoms with van der Waals surface area (Å²) in [5.41, 5.74) is 2.04. The first-order valence-corrected chi connectivity index (χ1v) is 16.6. The van der Waals surface area contributed by atoms with Gasteiger partial charge in [-0.15, -0.1) is 0 Å². The van der Waals surface area contributed by atoms with Crippen molar-refractivity contribution in [2.24, 2.45) is 0 Å². The number of carbonyl (C=O) groups is 2. The maximum Gasteiger partial charge on any atom is 0.408 e. The highest BCUT2D eigenvalue weighted by Gasteiger charge is 2.26. The van der Waals surface area contributed by atoms with Crippen LogP contribution in [0.2, 0.25) is 10.0 Å². The summed E-state index contributed by atoms with van der Waals surface area (Å²) in [7, 11) is 3.04. The first-order valence-electron chi connectivity index (χ1n) is 15.9. The topological polar surface area (TPSA) is 131 Å². The lowest BCUT2D eigenvalue weighted by Crippen LogP contribution is -2.35. The maximum absolute atomic E-state index is 13.4. The number of halogens is 2. The van der Waals surface area contributed by atoms with Gasteiger partial charge in [-0.25, -0.2) is 14.6 Å². The molecule has 51 heavy (non-hydrogen) atoms. The summed E-state index contributed by atoms with van der Waals surface area (Å²) >= 11 is 12.8. The van der Waals surface area contributed by atoms with Crippen LogP contribution < -0.4 is 19.5 Å². The van der Waals surface area contributed by atoms with Gasteiger partial charge in [0.15, 0.2) is 23.8 Å². The molecule has 2 atom stereocenters. The number of hydrogen-bond donors (Lipinski definition) is 1. The quantitative estimate of drug-likeness (QED) is 0.117. The molecule has 11 nitrogen and oxygen atoms in total. The zero-order valence-corrected chi connectivity index (χ0v) is 30.2. The molecule has 0 aliphatic rings. The molecule has 2 heterocycles. The molecule has 2 aromatic heterocycles. The van der Waals surface area contributed by atoms with Crippen LogP contribution in [0.5, 0.6) is 17.2 Å². The normalized spacial score (nSPS) is 12.4. The van der Waals surface area contributed by atoms with E-state index in [2.05, 4.69) is 15.3 Å². The number of rotatable bonds is 13. The Labute approximate surface area is 305 Å². The zero-order chi connectivity index (χ0) is 36.5. The van der Waals surface area contributed by atoms with E-state index < -0.39 is 29.8 Å². The molecular formula is C38H37Cl2N3O8. The molecule has 0 radical (unpaired) electrons. The highest BCUT2D eigenvalue weighted by molar-refractivity contribution is 6.35. The second-order valence-corrected chi connectivity index (χ2v) is 13.1. The van der Waals surface area contributed by atoms with Crippen molar-refractivity contribution in [3.8, 4) is 17.2 Å². The van der Waals surface area contributed by atoms with Crippen molar-refractivity contribution in [2.75, 3.05) is 14.2 Å². The minimum Gasteiger partial charge on any atom is -0.493 e. The lowest BCUT2D eigenvalue weighted by Gasteiger charge is -2.24. The Morgan fingerprint density at radius 2 is 1.57 bits per heavy atom. The fourth-order valence-corrected chi connectivity index (χ4v) is 5.64. The van der Waals surface area contributed by atoms with E-state index in [1.54, 1.807) is 51.1 Å². The second-order valence-electron chi connectivity index (χ2n) is 12.3. The molecule has 0 bridgehead atoms. The molecule has 0 aliphatic carbocycles. The summed E-state index contributed by atoms with van der Waals surface area (Å²) in [6.45, 7) is 5.32. The van der Waals surface area contributed by atoms with Crippen LogP contribution in [0.25, 0.3) is 0 Å². The molecular weight excluding hydrogens is 697 g/mol. The lowest BCUT2D eigenvalue weighted by atomic mass is 9.98. The van der Waals surface area contributed by atoms with E-state index in [-0.39, 0.29) is 24.6 Å². The summed E-state index contributed by atoms with van der Waals surface area (Å²) in [4.78, 5) is 34.5. The number of aromatic nitrogens is 2. The van der Waals surface area contributed by atoms with Gasteiger partial charge in [-0.1, -0.05) is 71.7 Å². The van der Waals surface area contributed by atoms with Crippen LogP contribution in [-0.4, -0.2) is 41.9 Å². The predicted octanol–water partition coefficient (Wildman–Crippen LogP) is 8.73. The monoisotopic (exact) mass is 733 g/mol. The summed E-state index contributed by atoms with van der Waals surface area (Å²) in [5.74, 6) is 0.839. The van der Waals surface area contributed by atoms with Crippen LogP contribution in [0.1, 0.15) is 71.6 Å². The first-order chi connectivity index (χ1) is 24.4. The van der Waals surface area contributed by atoms with Crippen molar-refractivity contribution >= 4 is 35.3 Å². The Morgan fingerprint density at radius 3 is 2.25 bits per heavy atom. The van der Waals surface area contributed by atoms with E-state index in [1.165, 1.54) is 32.9 Å². The van der Waals surface area contributed by atoms with E-state index in [0.29, 0.717) is 38.4 Å². The van der Waals surface area contributed by atoms with Crippen molar-refractivity contribution in [2.45, 2.75) is 51.5 Å². The standard InChI is InChI=1S/C38H37Cl2N3O8/c1-38(2,3)51-37(45)43-35(23-10-7-6-8-11-23)25-12-9-13-26(16-25)48-22-34-42-30(21-49-34)36(44)50-32(18-27-28(39)19-41-20-29(27)40)24-14-15-31(46-4)33(17-24)47-5/h6-17,19-21,32,35H,18,22H2,1-5H3,(H,43,45)/t32-,35-/m0/s1. The zero-order valence-electron chi connectivity index (χ0n) is 28.6. The number of esters is 1. The molecule has 5 aromatic rings. The number of oxazole rings is 1. The molecule has 0 saturated heterocycles. The van der Waals surface area contributed by atoms with Crippen LogP contribution >= 0.6 is 23.2 Å².